The van der Waals surface area contributed by atoms with Crippen molar-refractivity contribution in [3.8, 4) is 11.5 Å². The van der Waals surface area contributed by atoms with Gasteiger partial charge in [-0.2, -0.15) is 0 Å². The zero-order chi connectivity index (χ0) is 17.5. The van der Waals surface area contributed by atoms with Crippen LogP contribution in [0.2, 0.25) is 0 Å². The lowest BCUT2D eigenvalue weighted by molar-refractivity contribution is 0.218. The number of carbonyl (C=O) groups excluding carboxylic acids is 1. The van der Waals surface area contributed by atoms with Crippen molar-refractivity contribution in [2.75, 3.05) is 32.1 Å². The number of nitrogens with one attached hydrogen (secondary N) is 1. The van der Waals surface area contributed by atoms with Crippen molar-refractivity contribution in [3.05, 3.63) is 54.6 Å². The summed E-state index contributed by atoms with van der Waals surface area (Å²) in [7, 11) is 1.62. The molecule has 1 N–H and O–H groups in total. The van der Waals surface area contributed by atoms with E-state index in [-0.39, 0.29) is 6.03 Å². The number of benzene rings is 2. The molecule has 5 nitrogen and oxygen atoms in total. The Morgan fingerprint density at radius 1 is 1.12 bits per heavy atom. The molecule has 2 amide bonds. The number of urea groups is 1. The highest BCUT2D eigenvalue weighted by molar-refractivity contribution is 5.89. The zero-order valence-corrected chi connectivity index (χ0v) is 14.5. The zero-order valence-electron chi connectivity index (χ0n) is 14.5. The minimum Gasteiger partial charge on any atom is -0.497 e. The summed E-state index contributed by atoms with van der Waals surface area (Å²) in [5, 5.41) is 2.94. The van der Waals surface area contributed by atoms with E-state index in [0.29, 0.717) is 12.5 Å². The molecule has 1 unspecified atom stereocenters. The molecule has 25 heavy (non-hydrogen) atoms. The summed E-state index contributed by atoms with van der Waals surface area (Å²) >= 11 is 0. The maximum atomic E-state index is 12.4. The van der Waals surface area contributed by atoms with Crippen LogP contribution >= 0.6 is 0 Å². The van der Waals surface area contributed by atoms with Crippen LogP contribution in [-0.2, 0) is 0 Å². The van der Waals surface area contributed by atoms with E-state index in [4.69, 9.17) is 9.47 Å². The SMILES string of the molecule is COc1ccc(NC(=O)N2CCC(CCOc3ccccc3)C2)cc1. The number of rotatable bonds is 6. The molecule has 3 rings (SSSR count). The first-order valence-corrected chi connectivity index (χ1v) is 8.62. The van der Waals surface area contributed by atoms with Gasteiger partial charge in [-0.25, -0.2) is 4.79 Å². The Hall–Kier alpha value is -2.69. The molecule has 2 aromatic carbocycles. The fourth-order valence-electron chi connectivity index (χ4n) is 2.99. The number of likely N-dealkylation sites (tertiary alicyclic amines) is 1. The van der Waals surface area contributed by atoms with Gasteiger partial charge in [0, 0.05) is 18.8 Å². The molecule has 1 heterocycles. The highest BCUT2D eigenvalue weighted by Gasteiger charge is 2.26. The first kappa shape index (κ1) is 17.1. The molecule has 132 valence electrons. The van der Waals surface area contributed by atoms with Crippen LogP contribution in [-0.4, -0.2) is 37.7 Å². The molecule has 1 saturated heterocycles. The minimum absolute atomic E-state index is 0.0448. The van der Waals surface area contributed by atoms with E-state index in [1.165, 1.54) is 0 Å². The second-order valence-corrected chi connectivity index (χ2v) is 6.21. The van der Waals surface area contributed by atoms with E-state index >= 15 is 0 Å². The summed E-state index contributed by atoms with van der Waals surface area (Å²) in [4.78, 5) is 14.2. The predicted octanol–water partition coefficient (Wildman–Crippen LogP) is 4.02. The molecule has 1 atom stereocenters. The number of hydrogen-bond donors (Lipinski definition) is 1. The Morgan fingerprint density at radius 3 is 2.60 bits per heavy atom. The second kappa shape index (κ2) is 8.42. The van der Waals surface area contributed by atoms with Crippen molar-refractivity contribution in [1.82, 2.24) is 4.90 Å². The first-order valence-electron chi connectivity index (χ1n) is 8.62. The monoisotopic (exact) mass is 340 g/mol. The van der Waals surface area contributed by atoms with Crippen molar-refractivity contribution in [2.45, 2.75) is 12.8 Å². The Morgan fingerprint density at radius 2 is 1.88 bits per heavy atom. The average Bonchev–Trinajstić information content (AvgIpc) is 3.12. The molecular formula is C20H24N2O3. The summed E-state index contributed by atoms with van der Waals surface area (Å²) < 4.78 is 10.9. The topological polar surface area (TPSA) is 50.8 Å². The average molecular weight is 340 g/mol. The summed E-state index contributed by atoms with van der Waals surface area (Å²) in [6.07, 6.45) is 1.98. The highest BCUT2D eigenvalue weighted by Crippen LogP contribution is 2.22. The quantitative estimate of drug-likeness (QED) is 0.864. The number of carbonyl (C=O) groups is 1. The molecule has 0 aromatic heterocycles. The molecule has 1 aliphatic rings. The molecule has 0 radical (unpaired) electrons. The standard InChI is InChI=1S/C20H24N2O3/c1-24-18-9-7-17(8-10-18)21-20(23)22-13-11-16(15-22)12-14-25-19-5-3-2-4-6-19/h2-10,16H,11-15H2,1H3,(H,21,23). The molecule has 0 saturated carbocycles. The number of ether oxygens (including phenoxy) is 2. The van der Waals surface area contributed by atoms with E-state index in [1.807, 2.05) is 59.5 Å². The Balaban J connectivity index is 1.41. The van der Waals surface area contributed by atoms with E-state index in [2.05, 4.69) is 5.32 Å². The van der Waals surface area contributed by atoms with Gasteiger partial charge in [-0.1, -0.05) is 18.2 Å². The third kappa shape index (κ3) is 4.89. The third-order valence-electron chi connectivity index (χ3n) is 4.45. The summed E-state index contributed by atoms with van der Waals surface area (Å²) in [6, 6.07) is 17.2. The lowest BCUT2D eigenvalue weighted by Crippen LogP contribution is -2.33. The molecule has 1 fully saturated rings. The minimum atomic E-state index is -0.0448. The maximum Gasteiger partial charge on any atom is 0.321 e. The van der Waals surface area contributed by atoms with Gasteiger partial charge in [0.1, 0.15) is 11.5 Å². The Kier molecular flexibility index (Phi) is 5.77. The summed E-state index contributed by atoms with van der Waals surface area (Å²) in [5.41, 5.74) is 0.779. The van der Waals surface area contributed by atoms with Gasteiger partial charge in [0.05, 0.1) is 13.7 Å². The maximum absolute atomic E-state index is 12.4. The van der Waals surface area contributed by atoms with Crippen molar-refractivity contribution >= 4 is 11.7 Å². The predicted molar refractivity (Wildman–Crippen MR) is 98.2 cm³/mol. The smallest absolute Gasteiger partial charge is 0.321 e. The Bertz CT molecular complexity index is 673. The summed E-state index contributed by atoms with van der Waals surface area (Å²) in [6.45, 7) is 2.25. The van der Waals surface area contributed by atoms with Gasteiger partial charge in [-0.15, -0.1) is 0 Å². The lowest BCUT2D eigenvalue weighted by atomic mass is 10.1. The third-order valence-corrected chi connectivity index (χ3v) is 4.45. The van der Waals surface area contributed by atoms with Crippen LogP contribution in [0.3, 0.4) is 0 Å². The van der Waals surface area contributed by atoms with Gasteiger partial charge >= 0.3 is 6.03 Å². The normalized spacial score (nSPS) is 16.5. The van der Waals surface area contributed by atoms with Crippen molar-refractivity contribution in [3.63, 3.8) is 0 Å². The van der Waals surface area contributed by atoms with Crippen LogP contribution in [0.25, 0.3) is 0 Å². The van der Waals surface area contributed by atoms with Crippen LogP contribution in [0.1, 0.15) is 12.8 Å². The van der Waals surface area contributed by atoms with E-state index in [0.717, 1.165) is 43.1 Å². The molecule has 5 heteroatoms. The summed E-state index contributed by atoms with van der Waals surface area (Å²) in [5.74, 6) is 2.16. The molecule has 2 aromatic rings. The number of amides is 2. The highest BCUT2D eigenvalue weighted by atomic mass is 16.5. The van der Waals surface area contributed by atoms with Crippen LogP contribution < -0.4 is 14.8 Å². The van der Waals surface area contributed by atoms with Gasteiger partial charge in [0.25, 0.3) is 0 Å². The number of anilines is 1. The van der Waals surface area contributed by atoms with Gasteiger partial charge in [-0.05, 0) is 55.2 Å². The number of hydrogen-bond acceptors (Lipinski definition) is 3. The molecule has 0 aliphatic carbocycles. The Labute approximate surface area is 148 Å². The van der Waals surface area contributed by atoms with Gasteiger partial charge < -0.3 is 19.7 Å². The number of methoxy groups -OCH3 is 1. The van der Waals surface area contributed by atoms with Gasteiger partial charge in [0.15, 0.2) is 0 Å². The van der Waals surface area contributed by atoms with Crippen molar-refractivity contribution in [1.29, 1.82) is 0 Å². The van der Waals surface area contributed by atoms with E-state index < -0.39 is 0 Å². The largest absolute Gasteiger partial charge is 0.497 e. The molecule has 0 spiro atoms. The van der Waals surface area contributed by atoms with Gasteiger partial charge in [0.2, 0.25) is 0 Å². The van der Waals surface area contributed by atoms with Crippen molar-refractivity contribution < 1.29 is 14.3 Å². The fourth-order valence-corrected chi connectivity index (χ4v) is 2.99. The van der Waals surface area contributed by atoms with Crippen LogP contribution in [0.4, 0.5) is 10.5 Å². The van der Waals surface area contributed by atoms with E-state index in [9.17, 15) is 4.79 Å². The van der Waals surface area contributed by atoms with Crippen molar-refractivity contribution in [2.24, 2.45) is 5.92 Å². The van der Waals surface area contributed by atoms with Gasteiger partial charge in [-0.3, -0.25) is 0 Å². The van der Waals surface area contributed by atoms with Crippen LogP contribution in [0.15, 0.2) is 54.6 Å². The molecular weight excluding hydrogens is 316 g/mol. The second-order valence-electron chi connectivity index (χ2n) is 6.21. The lowest BCUT2D eigenvalue weighted by Gasteiger charge is -2.17. The van der Waals surface area contributed by atoms with Crippen LogP contribution in [0.5, 0.6) is 11.5 Å². The molecule has 0 bridgehead atoms. The molecule has 1 aliphatic heterocycles. The number of para-hydroxylation sites is 1. The van der Waals surface area contributed by atoms with Crippen LogP contribution in [0, 0.1) is 5.92 Å². The van der Waals surface area contributed by atoms with E-state index in [1.54, 1.807) is 7.11 Å². The number of nitrogens with zero attached hydrogens (tertiary/aromatic N) is 1. The fraction of sp³-hybridized carbons (Fsp3) is 0.350. The first-order chi connectivity index (χ1) is 12.2.